The zero-order chi connectivity index (χ0) is 39.4. The number of rotatable bonds is 15. The van der Waals surface area contributed by atoms with E-state index in [2.05, 4.69) is 22.0 Å². The lowest BCUT2D eigenvalue weighted by Gasteiger charge is -2.36. The normalized spacial score (nSPS) is 13.9. The monoisotopic (exact) mass is 782 g/mol. The first-order chi connectivity index (χ1) is 27.1. The number of ether oxygens (including phenoxy) is 3. The number of benzene rings is 4. The number of aromatic nitrogens is 3. The average Bonchev–Trinajstić information content (AvgIpc) is 3.75. The van der Waals surface area contributed by atoms with Gasteiger partial charge in [-0.3, -0.25) is 4.68 Å². The Hall–Kier alpha value is -5.41. The third kappa shape index (κ3) is 7.82. The van der Waals surface area contributed by atoms with Gasteiger partial charge in [0.1, 0.15) is 29.5 Å². The fourth-order valence-corrected chi connectivity index (χ4v) is 8.48. The SMILES string of the molecule is CCOC(=O)c1[nH]c2c(-c3c(COc4ccc(N5CCN(S(=O)(=O)N(C)C)CC5)cc4)nn(C)c3CO)cccc2c1CCCOc1cccc2ccccc12.[HH]. The van der Waals surface area contributed by atoms with E-state index < -0.39 is 16.2 Å². The molecule has 296 valence electrons. The van der Waals surface area contributed by atoms with Gasteiger partial charge in [-0.05, 0) is 61.0 Å². The van der Waals surface area contributed by atoms with Gasteiger partial charge in [0.25, 0.3) is 10.2 Å². The van der Waals surface area contributed by atoms with Crippen LogP contribution in [0.5, 0.6) is 11.5 Å². The van der Waals surface area contributed by atoms with Gasteiger partial charge in [0.2, 0.25) is 0 Å². The number of nitrogens with zero attached hydrogens (tertiary/aromatic N) is 5. The molecule has 6 aromatic rings. The molecule has 14 heteroatoms. The van der Waals surface area contributed by atoms with Gasteiger partial charge >= 0.3 is 5.97 Å². The number of carbonyl (C=O) groups excluding carboxylic acids is 1. The van der Waals surface area contributed by atoms with Crippen LogP contribution in [0.15, 0.2) is 84.9 Å². The van der Waals surface area contributed by atoms with E-state index in [1.165, 1.54) is 8.61 Å². The summed E-state index contributed by atoms with van der Waals surface area (Å²) in [4.78, 5) is 18.9. The van der Waals surface area contributed by atoms with Gasteiger partial charge in [0, 0.05) is 76.3 Å². The highest BCUT2D eigenvalue weighted by molar-refractivity contribution is 7.86. The van der Waals surface area contributed by atoms with Crippen LogP contribution >= 0.6 is 0 Å². The number of aromatic amines is 1. The second-order valence-electron chi connectivity index (χ2n) is 13.9. The lowest BCUT2D eigenvalue weighted by Crippen LogP contribution is -2.51. The number of H-pyrrole nitrogens is 1. The van der Waals surface area contributed by atoms with E-state index in [4.69, 9.17) is 19.3 Å². The molecule has 0 unspecified atom stereocenters. The lowest BCUT2D eigenvalue weighted by molar-refractivity contribution is 0.0519. The molecule has 3 heterocycles. The Morgan fingerprint density at radius 3 is 2.38 bits per heavy atom. The molecule has 0 radical (unpaired) electrons. The Labute approximate surface area is 328 Å². The highest BCUT2D eigenvalue weighted by Gasteiger charge is 2.29. The minimum atomic E-state index is -3.44. The maximum atomic E-state index is 13.3. The maximum absolute atomic E-state index is 13.3. The van der Waals surface area contributed by atoms with Crippen molar-refractivity contribution < 1.29 is 34.0 Å². The van der Waals surface area contributed by atoms with Crippen LogP contribution in [0.3, 0.4) is 0 Å². The largest absolute Gasteiger partial charge is 0.493 e. The first-order valence-corrected chi connectivity index (χ1v) is 20.2. The summed E-state index contributed by atoms with van der Waals surface area (Å²) in [5.41, 5.74) is 5.71. The van der Waals surface area contributed by atoms with Crippen molar-refractivity contribution in [3.8, 4) is 22.6 Å². The molecule has 56 heavy (non-hydrogen) atoms. The lowest BCUT2D eigenvalue weighted by atomic mass is 9.98. The molecule has 0 amide bonds. The van der Waals surface area contributed by atoms with E-state index in [9.17, 15) is 18.3 Å². The molecule has 0 aliphatic carbocycles. The van der Waals surface area contributed by atoms with Gasteiger partial charge in [0.05, 0.1) is 31.0 Å². The zero-order valence-electron chi connectivity index (χ0n) is 32.2. The second-order valence-corrected chi connectivity index (χ2v) is 16.0. The van der Waals surface area contributed by atoms with E-state index in [-0.39, 0.29) is 21.2 Å². The average molecular weight is 783 g/mol. The highest BCUT2D eigenvalue weighted by Crippen LogP contribution is 2.37. The van der Waals surface area contributed by atoms with Crippen LogP contribution in [0.25, 0.3) is 32.8 Å². The Bertz CT molecular complexity index is 2440. The number of hydrogen-bond donors (Lipinski definition) is 2. The summed E-state index contributed by atoms with van der Waals surface area (Å²) in [5, 5.41) is 18.4. The predicted octanol–water partition coefficient (Wildman–Crippen LogP) is 6.16. The van der Waals surface area contributed by atoms with Gasteiger partial charge in [0.15, 0.2) is 0 Å². The highest BCUT2D eigenvalue weighted by atomic mass is 32.2. The number of hydrogen-bond acceptors (Lipinski definition) is 9. The third-order valence-electron chi connectivity index (χ3n) is 10.3. The minimum Gasteiger partial charge on any atom is -0.493 e. The van der Waals surface area contributed by atoms with E-state index in [0.717, 1.165) is 49.8 Å². The first kappa shape index (κ1) is 38.8. The van der Waals surface area contributed by atoms with E-state index in [1.807, 2.05) is 72.8 Å². The van der Waals surface area contributed by atoms with Crippen molar-refractivity contribution in [3.05, 3.63) is 108 Å². The number of fused-ring (bicyclic) bond motifs is 2. The van der Waals surface area contributed by atoms with E-state index in [1.54, 1.807) is 32.7 Å². The summed E-state index contributed by atoms with van der Waals surface area (Å²) in [6, 6.07) is 27.8. The van der Waals surface area contributed by atoms with Crippen LogP contribution in [-0.4, -0.2) is 96.4 Å². The van der Waals surface area contributed by atoms with Crippen molar-refractivity contribution in [2.45, 2.75) is 33.0 Å². The zero-order valence-corrected chi connectivity index (χ0v) is 33.0. The molecule has 7 rings (SSSR count). The van der Waals surface area contributed by atoms with Crippen molar-refractivity contribution in [3.63, 3.8) is 0 Å². The Morgan fingerprint density at radius 2 is 1.64 bits per heavy atom. The standard InChI is InChI=1S/C42H48N6O7S.H2/c1-5-53-42(50)41-34(16-10-26-54-38-17-8-12-29-11-6-7-13-32(29)38)33-14-9-15-35(40(33)43-41)39-36(44-46(4)37(39)27-49)28-55-31-20-18-30(19-21-31)47-22-24-48(25-23-47)56(51,52)45(2)3;/h6-9,11-15,17-21,43,49H,5,10,16,22-28H2,1-4H3;1H. The van der Waals surface area contributed by atoms with E-state index >= 15 is 0 Å². The summed E-state index contributed by atoms with van der Waals surface area (Å²) in [7, 11) is 1.44. The quantitative estimate of drug-likeness (QED) is 0.0926. The smallest absolute Gasteiger partial charge is 0.355 e. The van der Waals surface area contributed by atoms with Crippen molar-refractivity contribution in [2.24, 2.45) is 7.05 Å². The van der Waals surface area contributed by atoms with Gasteiger partial charge in [-0.2, -0.15) is 22.1 Å². The molecule has 0 atom stereocenters. The van der Waals surface area contributed by atoms with Gasteiger partial charge in [-0.25, -0.2) is 4.79 Å². The van der Waals surface area contributed by atoms with Crippen LogP contribution in [0.2, 0.25) is 0 Å². The number of aliphatic hydroxyl groups excluding tert-OH is 1. The number of piperazine rings is 1. The Kier molecular flexibility index (Phi) is 11.6. The van der Waals surface area contributed by atoms with Crippen LogP contribution in [0.4, 0.5) is 5.69 Å². The topological polar surface area (TPSA) is 142 Å². The molecular formula is C42H50N6O7S. The first-order valence-electron chi connectivity index (χ1n) is 18.8. The van der Waals surface area contributed by atoms with Crippen molar-refractivity contribution in [1.29, 1.82) is 0 Å². The number of carbonyl (C=O) groups is 1. The number of esters is 1. The molecule has 1 fully saturated rings. The molecular weight excluding hydrogens is 733 g/mol. The summed E-state index contributed by atoms with van der Waals surface area (Å²) < 4.78 is 47.5. The maximum Gasteiger partial charge on any atom is 0.355 e. The number of aryl methyl sites for hydroxylation is 2. The van der Waals surface area contributed by atoms with Crippen LogP contribution in [0.1, 0.15) is 42.2 Å². The third-order valence-corrected chi connectivity index (χ3v) is 12.2. The molecule has 1 aliphatic heterocycles. The van der Waals surface area contributed by atoms with Crippen molar-refractivity contribution in [2.75, 3.05) is 58.4 Å². The molecule has 13 nitrogen and oxygen atoms in total. The molecule has 1 saturated heterocycles. The summed E-state index contributed by atoms with van der Waals surface area (Å²) in [6.45, 7) is 4.34. The van der Waals surface area contributed by atoms with Gasteiger partial charge < -0.3 is 29.2 Å². The number of para-hydroxylation sites is 1. The molecule has 2 N–H and O–H groups in total. The fourth-order valence-electron chi connectivity index (χ4n) is 7.40. The molecule has 0 bridgehead atoms. The minimum absolute atomic E-state index is 0. The van der Waals surface area contributed by atoms with E-state index in [0.29, 0.717) is 68.5 Å². The molecule has 1 aliphatic rings. The van der Waals surface area contributed by atoms with Crippen molar-refractivity contribution >= 4 is 43.5 Å². The molecule has 2 aromatic heterocycles. The van der Waals surface area contributed by atoms with Crippen LogP contribution < -0.4 is 14.4 Å². The Balaban J connectivity index is 0.00000549. The van der Waals surface area contributed by atoms with Crippen LogP contribution in [-0.2, 0) is 41.6 Å². The van der Waals surface area contributed by atoms with Gasteiger partial charge in [-0.15, -0.1) is 0 Å². The summed E-state index contributed by atoms with van der Waals surface area (Å²) >= 11 is 0. The van der Waals surface area contributed by atoms with Crippen molar-refractivity contribution in [1.82, 2.24) is 23.4 Å². The molecule has 4 aromatic carbocycles. The van der Waals surface area contributed by atoms with Crippen LogP contribution in [0, 0.1) is 0 Å². The molecule has 0 saturated carbocycles. The fraction of sp³-hybridized carbons (Fsp3) is 0.333. The number of aliphatic hydroxyl groups is 1. The second kappa shape index (κ2) is 16.8. The summed E-state index contributed by atoms with van der Waals surface area (Å²) in [5.74, 6) is 1.03. The summed E-state index contributed by atoms with van der Waals surface area (Å²) in [6.07, 6.45) is 1.23. The predicted molar refractivity (Wildman–Crippen MR) is 219 cm³/mol. The van der Waals surface area contributed by atoms with Gasteiger partial charge in [-0.1, -0.05) is 54.6 Å². The molecule has 0 spiro atoms. The number of nitrogens with one attached hydrogen (secondary N) is 1. The number of anilines is 1. The Morgan fingerprint density at radius 1 is 0.929 bits per heavy atom.